The Hall–Kier alpha value is -2.56. The van der Waals surface area contributed by atoms with Gasteiger partial charge in [0, 0.05) is 5.56 Å². The van der Waals surface area contributed by atoms with Crippen LogP contribution in [0.4, 0.5) is 0 Å². The van der Waals surface area contributed by atoms with Crippen LogP contribution < -0.4 is 9.47 Å². The molecule has 96 valence electrons. The van der Waals surface area contributed by atoms with Gasteiger partial charge in [0.15, 0.2) is 17.3 Å². The molecule has 0 unspecified atom stereocenters. The quantitative estimate of drug-likeness (QED) is 0.704. The summed E-state index contributed by atoms with van der Waals surface area (Å²) in [7, 11) is 2.91. The number of benzene rings is 1. The molecule has 0 N–H and O–H groups in total. The third-order valence-electron chi connectivity index (χ3n) is 3.13. The number of ketones is 2. The number of carbonyl (C=O) groups excluding carboxylic acids is 2. The van der Waals surface area contributed by atoms with Crippen molar-refractivity contribution in [2.75, 3.05) is 14.2 Å². The van der Waals surface area contributed by atoms with Gasteiger partial charge in [0.05, 0.1) is 31.6 Å². The molecule has 1 aliphatic rings. The Morgan fingerprint density at radius 1 is 0.947 bits per heavy atom. The van der Waals surface area contributed by atoms with E-state index in [9.17, 15) is 9.59 Å². The van der Waals surface area contributed by atoms with Crippen LogP contribution in [0.25, 0.3) is 0 Å². The second kappa shape index (κ2) is 3.98. The molecular formula is C14H10O5. The van der Waals surface area contributed by atoms with E-state index in [0.717, 1.165) is 0 Å². The number of hydrogen-bond acceptors (Lipinski definition) is 5. The molecule has 0 amide bonds. The lowest BCUT2D eigenvalue weighted by molar-refractivity contribution is 0.0957. The van der Waals surface area contributed by atoms with Crippen molar-refractivity contribution in [3.63, 3.8) is 0 Å². The molecule has 1 aromatic heterocycles. The fraction of sp³-hybridized carbons (Fsp3) is 0.143. The third kappa shape index (κ3) is 1.41. The number of rotatable bonds is 2. The lowest BCUT2D eigenvalue weighted by atomic mass is 9.87. The normalized spacial score (nSPS) is 12.9. The van der Waals surface area contributed by atoms with Crippen LogP contribution in [0, 0.1) is 0 Å². The summed E-state index contributed by atoms with van der Waals surface area (Å²) >= 11 is 0. The second-order valence-electron chi connectivity index (χ2n) is 4.05. The smallest absolute Gasteiger partial charge is 0.229 e. The first-order chi connectivity index (χ1) is 9.19. The zero-order valence-electron chi connectivity index (χ0n) is 10.4. The SMILES string of the molecule is COc1ccc2c(c1OC)C(=O)c1ccoc1C2=O. The Morgan fingerprint density at radius 2 is 1.74 bits per heavy atom. The fourth-order valence-corrected chi connectivity index (χ4v) is 2.26. The van der Waals surface area contributed by atoms with Crippen molar-refractivity contribution in [3.8, 4) is 11.5 Å². The van der Waals surface area contributed by atoms with E-state index in [1.165, 1.54) is 26.5 Å². The van der Waals surface area contributed by atoms with Crippen LogP contribution >= 0.6 is 0 Å². The fourth-order valence-electron chi connectivity index (χ4n) is 2.26. The average molecular weight is 258 g/mol. The molecule has 0 saturated carbocycles. The van der Waals surface area contributed by atoms with Gasteiger partial charge in [-0.15, -0.1) is 0 Å². The van der Waals surface area contributed by atoms with Gasteiger partial charge in [-0.25, -0.2) is 0 Å². The standard InChI is InChI=1S/C14H10O5/c1-17-9-4-3-7-10(14(9)18-2)11(15)8-5-6-19-13(8)12(7)16/h3-6H,1-2H3. The highest BCUT2D eigenvalue weighted by atomic mass is 16.5. The third-order valence-corrected chi connectivity index (χ3v) is 3.13. The monoisotopic (exact) mass is 258 g/mol. The molecule has 1 heterocycles. The van der Waals surface area contributed by atoms with Crippen molar-refractivity contribution in [3.05, 3.63) is 46.9 Å². The van der Waals surface area contributed by atoms with Crippen LogP contribution in [0.2, 0.25) is 0 Å². The van der Waals surface area contributed by atoms with Gasteiger partial charge in [0.25, 0.3) is 0 Å². The van der Waals surface area contributed by atoms with E-state index in [1.54, 1.807) is 12.1 Å². The maximum Gasteiger partial charge on any atom is 0.229 e. The predicted octanol–water partition coefficient (Wildman–Crippen LogP) is 2.07. The summed E-state index contributed by atoms with van der Waals surface area (Å²) in [5.74, 6) is 0.133. The molecule has 19 heavy (non-hydrogen) atoms. The highest BCUT2D eigenvalue weighted by molar-refractivity contribution is 6.28. The Morgan fingerprint density at radius 3 is 2.42 bits per heavy atom. The zero-order valence-corrected chi connectivity index (χ0v) is 10.4. The molecule has 0 saturated heterocycles. The van der Waals surface area contributed by atoms with Crippen molar-refractivity contribution < 1.29 is 23.5 Å². The molecule has 2 aromatic rings. The average Bonchev–Trinajstić information content (AvgIpc) is 2.92. The molecule has 0 radical (unpaired) electrons. The van der Waals surface area contributed by atoms with E-state index in [0.29, 0.717) is 5.75 Å². The first-order valence-corrected chi connectivity index (χ1v) is 5.61. The lowest BCUT2D eigenvalue weighted by Gasteiger charge is -2.18. The van der Waals surface area contributed by atoms with Crippen LogP contribution in [0.15, 0.2) is 28.9 Å². The van der Waals surface area contributed by atoms with Gasteiger partial charge in [0.2, 0.25) is 11.6 Å². The molecule has 1 aromatic carbocycles. The molecule has 0 fully saturated rings. The minimum Gasteiger partial charge on any atom is -0.493 e. The van der Waals surface area contributed by atoms with Gasteiger partial charge in [-0.1, -0.05) is 0 Å². The molecule has 0 bridgehead atoms. The molecule has 0 aliphatic heterocycles. The molecule has 5 nitrogen and oxygen atoms in total. The van der Waals surface area contributed by atoms with Crippen molar-refractivity contribution in [1.29, 1.82) is 0 Å². The van der Waals surface area contributed by atoms with E-state index in [2.05, 4.69) is 0 Å². The minimum absolute atomic E-state index is 0.0738. The van der Waals surface area contributed by atoms with Crippen molar-refractivity contribution in [2.45, 2.75) is 0 Å². The largest absolute Gasteiger partial charge is 0.493 e. The molecular weight excluding hydrogens is 248 g/mol. The maximum absolute atomic E-state index is 12.4. The summed E-state index contributed by atoms with van der Waals surface area (Å²) < 4.78 is 15.4. The van der Waals surface area contributed by atoms with Crippen LogP contribution in [0.5, 0.6) is 11.5 Å². The van der Waals surface area contributed by atoms with Crippen LogP contribution in [0.3, 0.4) is 0 Å². The van der Waals surface area contributed by atoms with Gasteiger partial charge >= 0.3 is 0 Å². The summed E-state index contributed by atoms with van der Waals surface area (Å²) in [6, 6.07) is 4.62. The summed E-state index contributed by atoms with van der Waals surface area (Å²) in [5.41, 5.74) is 0.745. The Labute approximate surface area is 108 Å². The van der Waals surface area contributed by atoms with E-state index in [1.807, 2.05) is 0 Å². The summed E-state index contributed by atoms with van der Waals surface area (Å²) in [6.45, 7) is 0. The van der Waals surface area contributed by atoms with Gasteiger partial charge in [-0.2, -0.15) is 0 Å². The number of fused-ring (bicyclic) bond motifs is 2. The molecule has 0 atom stereocenters. The summed E-state index contributed by atoms with van der Waals surface area (Å²) in [4.78, 5) is 24.7. The van der Waals surface area contributed by atoms with Crippen LogP contribution in [-0.2, 0) is 0 Å². The van der Waals surface area contributed by atoms with Gasteiger partial charge in [0.1, 0.15) is 0 Å². The number of carbonyl (C=O) groups is 2. The predicted molar refractivity (Wildman–Crippen MR) is 65.1 cm³/mol. The van der Waals surface area contributed by atoms with Crippen molar-refractivity contribution >= 4 is 11.6 Å². The maximum atomic E-state index is 12.4. The minimum atomic E-state index is -0.324. The zero-order chi connectivity index (χ0) is 13.6. The van der Waals surface area contributed by atoms with E-state index in [-0.39, 0.29) is 39.8 Å². The molecule has 0 spiro atoms. The van der Waals surface area contributed by atoms with Crippen molar-refractivity contribution in [2.24, 2.45) is 0 Å². The number of hydrogen-bond donors (Lipinski definition) is 0. The summed E-state index contributed by atoms with van der Waals surface area (Å²) in [5, 5.41) is 0. The number of methoxy groups -OCH3 is 2. The summed E-state index contributed by atoms with van der Waals surface area (Å²) in [6.07, 6.45) is 1.33. The van der Waals surface area contributed by atoms with Crippen molar-refractivity contribution in [1.82, 2.24) is 0 Å². The van der Waals surface area contributed by atoms with Gasteiger partial charge < -0.3 is 13.9 Å². The topological polar surface area (TPSA) is 65.7 Å². The Balaban J connectivity index is 2.33. The number of furan rings is 1. The Kier molecular flexibility index (Phi) is 2.41. The molecule has 5 heteroatoms. The molecule has 1 aliphatic carbocycles. The lowest BCUT2D eigenvalue weighted by Crippen LogP contribution is -2.20. The number of ether oxygens (including phenoxy) is 2. The second-order valence-corrected chi connectivity index (χ2v) is 4.05. The molecule has 3 rings (SSSR count). The van der Waals surface area contributed by atoms with E-state index in [4.69, 9.17) is 13.9 Å². The first kappa shape index (κ1) is 11.5. The first-order valence-electron chi connectivity index (χ1n) is 5.61. The highest BCUT2D eigenvalue weighted by Crippen LogP contribution is 2.39. The van der Waals surface area contributed by atoms with Crippen LogP contribution in [0.1, 0.15) is 32.0 Å². The van der Waals surface area contributed by atoms with Gasteiger partial charge in [-0.3, -0.25) is 9.59 Å². The van der Waals surface area contributed by atoms with E-state index >= 15 is 0 Å². The highest BCUT2D eigenvalue weighted by Gasteiger charge is 2.36. The van der Waals surface area contributed by atoms with Crippen LogP contribution in [-0.4, -0.2) is 25.8 Å². The van der Waals surface area contributed by atoms with Gasteiger partial charge in [-0.05, 0) is 18.2 Å². The van der Waals surface area contributed by atoms with E-state index < -0.39 is 0 Å². The Bertz CT molecular complexity index is 696.